The van der Waals surface area contributed by atoms with Crippen LogP contribution in [0, 0.1) is 0 Å². The molecule has 2 aliphatic rings. The van der Waals surface area contributed by atoms with Crippen LogP contribution in [0.25, 0.3) is 0 Å². The number of aromatic nitrogens is 2. The van der Waals surface area contributed by atoms with Gasteiger partial charge in [0, 0.05) is 30.6 Å². The Kier molecular flexibility index (Phi) is 4.12. The van der Waals surface area contributed by atoms with Gasteiger partial charge in [0.1, 0.15) is 5.75 Å². The molecule has 0 saturated carbocycles. The number of carboxylic acid groups (broad SMARTS) is 1. The Balaban J connectivity index is 1.65. The molecule has 0 aliphatic carbocycles. The standard InChI is InChI=1S/C18H19N3O5/c22-8-7-21-14-4-6-20(10-13(14)15(19-21)18(24)25)17(23)12-3-1-2-11-5-9-26-16(11)12/h1-3,22H,4-10H2,(H,24,25). The monoisotopic (exact) mass is 357 g/mol. The molecule has 0 spiro atoms. The number of ether oxygens (including phenoxy) is 1. The van der Waals surface area contributed by atoms with Gasteiger partial charge in [-0.3, -0.25) is 9.48 Å². The number of aromatic carboxylic acids is 1. The highest BCUT2D eigenvalue weighted by Gasteiger charge is 2.32. The van der Waals surface area contributed by atoms with Gasteiger partial charge in [-0.15, -0.1) is 0 Å². The third-order valence-electron chi connectivity index (χ3n) is 4.88. The lowest BCUT2D eigenvalue weighted by molar-refractivity contribution is 0.0673. The van der Waals surface area contributed by atoms with Crippen molar-refractivity contribution in [3.05, 3.63) is 46.3 Å². The number of carboxylic acids is 1. The molecule has 136 valence electrons. The van der Waals surface area contributed by atoms with Crippen molar-refractivity contribution in [3.63, 3.8) is 0 Å². The van der Waals surface area contributed by atoms with Crippen molar-refractivity contribution in [2.75, 3.05) is 19.8 Å². The van der Waals surface area contributed by atoms with Gasteiger partial charge in [-0.1, -0.05) is 12.1 Å². The van der Waals surface area contributed by atoms with Crippen LogP contribution in [-0.4, -0.2) is 56.5 Å². The van der Waals surface area contributed by atoms with Gasteiger partial charge in [0.25, 0.3) is 5.91 Å². The number of carbonyl (C=O) groups excluding carboxylic acids is 1. The fraction of sp³-hybridized carbons (Fsp3) is 0.389. The molecule has 0 bridgehead atoms. The lowest BCUT2D eigenvalue weighted by Gasteiger charge is -2.28. The maximum absolute atomic E-state index is 13.0. The lowest BCUT2D eigenvalue weighted by Crippen LogP contribution is -2.37. The van der Waals surface area contributed by atoms with Crippen LogP contribution in [0.1, 0.15) is 37.7 Å². The van der Waals surface area contributed by atoms with Crippen LogP contribution in [0.15, 0.2) is 18.2 Å². The highest BCUT2D eigenvalue weighted by molar-refractivity contribution is 5.98. The van der Waals surface area contributed by atoms with Crippen LogP contribution < -0.4 is 4.74 Å². The number of rotatable bonds is 4. The topological polar surface area (TPSA) is 105 Å². The summed E-state index contributed by atoms with van der Waals surface area (Å²) in [5.41, 5.74) is 2.80. The first-order chi connectivity index (χ1) is 12.6. The largest absolute Gasteiger partial charge is 0.492 e. The van der Waals surface area contributed by atoms with E-state index in [9.17, 15) is 14.7 Å². The molecule has 2 N–H and O–H groups in total. The molecule has 0 unspecified atom stereocenters. The molecule has 3 heterocycles. The van der Waals surface area contributed by atoms with E-state index in [1.54, 1.807) is 11.0 Å². The van der Waals surface area contributed by atoms with Crippen LogP contribution in [0.2, 0.25) is 0 Å². The quantitative estimate of drug-likeness (QED) is 0.835. The molecular weight excluding hydrogens is 338 g/mol. The Bertz CT molecular complexity index is 889. The summed E-state index contributed by atoms with van der Waals surface area (Å²) in [6, 6.07) is 5.54. The summed E-state index contributed by atoms with van der Waals surface area (Å²) < 4.78 is 7.15. The maximum atomic E-state index is 13.0. The number of benzene rings is 1. The molecule has 8 heteroatoms. The zero-order valence-corrected chi connectivity index (χ0v) is 14.1. The Morgan fingerprint density at radius 1 is 1.27 bits per heavy atom. The van der Waals surface area contributed by atoms with E-state index in [2.05, 4.69) is 5.10 Å². The molecule has 2 aliphatic heterocycles. The van der Waals surface area contributed by atoms with Crippen LogP contribution in [-0.2, 0) is 25.9 Å². The first-order valence-electron chi connectivity index (χ1n) is 8.57. The summed E-state index contributed by atoms with van der Waals surface area (Å²) in [6.07, 6.45) is 1.29. The SMILES string of the molecule is O=C(O)c1nn(CCO)c2c1CN(C(=O)c1cccc3c1OCC3)CC2. The predicted octanol–water partition coefficient (Wildman–Crippen LogP) is 0.707. The maximum Gasteiger partial charge on any atom is 0.356 e. The minimum absolute atomic E-state index is 0.0551. The molecule has 0 radical (unpaired) electrons. The number of hydrogen-bond acceptors (Lipinski definition) is 5. The number of fused-ring (bicyclic) bond motifs is 2. The van der Waals surface area contributed by atoms with Gasteiger partial charge in [-0.2, -0.15) is 5.10 Å². The average Bonchev–Trinajstić information content (AvgIpc) is 3.25. The van der Waals surface area contributed by atoms with Crippen LogP contribution in [0.3, 0.4) is 0 Å². The molecule has 0 fully saturated rings. The average molecular weight is 357 g/mol. The summed E-state index contributed by atoms with van der Waals surface area (Å²) >= 11 is 0. The second kappa shape index (κ2) is 6.45. The fourth-order valence-corrected chi connectivity index (χ4v) is 3.67. The zero-order valence-electron chi connectivity index (χ0n) is 14.1. The predicted molar refractivity (Wildman–Crippen MR) is 90.4 cm³/mol. The number of aliphatic hydroxyl groups is 1. The van der Waals surface area contributed by atoms with Gasteiger partial charge in [0.2, 0.25) is 0 Å². The Hall–Kier alpha value is -2.87. The van der Waals surface area contributed by atoms with Crippen LogP contribution >= 0.6 is 0 Å². The molecule has 2 aromatic rings. The molecular formula is C18H19N3O5. The summed E-state index contributed by atoms with van der Waals surface area (Å²) in [5, 5.41) is 22.7. The van der Waals surface area contributed by atoms with Crippen LogP contribution in [0.5, 0.6) is 5.75 Å². The van der Waals surface area contributed by atoms with E-state index in [0.29, 0.717) is 36.4 Å². The number of hydrogen-bond donors (Lipinski definition) is 2. The Morgan fingerprint density at radius 2 is 2.12 bits per heavy atom. The van der Waals surface area contributed by atoms with E-state index < -0.39 is 5.97 Å². The molecule has 0 saturated heterocycles. The minimum Gasteiger partial charge on any atom is -0.492 e. The van der Waals surface area contributed by atoms with E-state index in [0.717, 1.165) is 17.7 Å². The summed E-state index contributed by atoms with van der Waals surface area (Å²) in [7, 11) is 0. The summed E-state index contributed by atoms with van der Waals surface area (Å²) in [6.45, 7) is 1.34. The van der Waals surface area contributed by atoms with Gasteiger partial charge in [0.05, 0.1) is 31.9 Å². The van der Waals surface area contributed by atoms with Crippen molar-refractivity contribution < 1.29 is 24.5 Å². The Labute approximate surface area is 149 Å². The van der Waals surface area contributed by atoms with E-state index in [-0.39, 0.29) is 31.3 Å². The number of nitrogens with zero attached hydrogens (tertiary/aromatic N) is 3. The molecule has 1 aromatic heterocycles. The van der Waals surface area contributed by atoms with Crippen molar-refractivity contribution >= 4 is 11.9 Å². The second-order valence-electron chi connectivity index (χ2n) is 6.39. The summed E-state index contributed by atoms with van der Waals surface area (Å²) in [5.74, 6) is -0.658. The van der Waals surface area contributed by atoms with Crippen molar-refractivity contribution in [1.82, 2.24) is 14.7 Å². The van der Waals surface area contributed by atoms with Gasteiger partial charge >= 0.3 is 5.97 Å². The minimum atomic E-state index is -1.13. The van der Waals surface area contributed by atoms with E-state index >= 15 is 0 Å². The third kappa shape index (κ3) is 2.62. The molecule has 4 rings (SSSR count). The highest BCUT2D eigenvalue weighted by atomic mass is 16.5. The van der Waals surface area contributed by atoms with E-state index in [4.69, 9.17) is 9.84 Å². The molecule has 0 atom stereocenters. The molecule has 1 amide bonds. The van der Waals surface area contributed by atoms with Gasteiger partial charge in [-0.25, -0.2) is 4.79 Å². The zero-order chi connectivity index (χ0) is 18.3. The van der Waals surface area contributed by atoms with E-state index in [1.165, 1.54) is 4.68 Å². The highest BCUT2D eigenvalue weighted by Crippen LogP contribution is 2.32. The van der Waals surface area contributed by atoms with Crippen molar-refractivity contribution in [2.24, 2.45) is 0 Å². The van der Waals surface area contributed by atoms with Crippen molar-refractivity contribution in [1.29, 1.82) is 0 Å². The smallest absolute Gasteiger partial charge is 0.356 e. The lowest BCUT2D eigenvalue weighted by atomic mass is 10.0. The summed E-state index contributed by atoms with van der Waals surface area (Å²) in [4.78, 5) is 26.2. The number of carbonyl (C=O) groups is 2. The molecule has 8 nitrogen and oxygen atoms in total. The van der Waals surface area contributed by atoms with Gasteiger partial charge in [-0.05, 0) is 11.6 Å². The second-order valence-corrected chi connectivity index (χ2v) is 6.39. The number of aliphatic hydroxyl groups excluding tert-OH is 1. The number of amides is 1. The van der Waals surface area contributed by atoms with Gasteiger partial charge in [0.15, 0.2) is 5.69 Å². The first-order valence-corrected chi connectivity index (χ1v) is 8.57. The van der Waals surface area contributed by atoms with Gasteiger partial charge < -0.3 is 19.8 Å². The number of para-hydroxylation sites is 1. The van der Waals surface area contributed by atoms with Crippen LogP contribution in [0.4, 0.5) is 0 Å². The molecule has 26 heavy (non-hydrogen) atoms. The fourth-order valence-electron chi connectivity index (χ4n) is 3.67. The van der Waals surface area contributed by atoms with E-state index in [1.807, 2.05) is 12.1 Å². The third-order valence-corrected chi connectivity index (χ3v) is 4.88. The Morgan fingerprint density at radius 3 is 2.88 bits per heavy atom. The van der Waals surface area contributed by atoms with Crippen molar-refractivity contribution in [2.45, 2.75) is 25.9 Å². The first kappa shape index (κ1) is 16.6. The molecule has 1 aromatic carbocycles. The normalized spacial score (nSPS) is 15.3. The van der Waals surface area contributed by atoms with Crippen molar-refractivity contribution in [3.8, 4) is 5.75 Å².